The fourth-order valence-electron chi connectivity index (χ4n) is 3.63. The van der Waals surface area contributed by atoms with Crippen LogP contribution in [-0.4, -0.2) is 43.0 Å². The minimum atomic E-state index is -1.15. The Balaban J connectivity index is 2.08. The summed E-state index contributed by atoms with van der Waals surface area (Å²) in [5.41, 5.74) is 4.49. The Kier molecular flexibility index (Phi) is 7.56. The third-order valence-electron chi connectivity index (χ3n) is 5.15. The normalized spacial score (nSPS) is 13.6. The molecule has 0 bridgehead atoms. The highest BCUT2D eigenvalue weighted by Gasteiger charge is 2.20. The van der Waals surface area contributed by atoms with Crippen LogP contribution in [0.4, 0.5) is 4.39 Å². The monoisotopic (exact) mass is 438 g/mol. The molecule has 32 heavy (non-hydrogen) atoms. The number of carboxylic acids is 1. The molecule has 0 spiro atoms. The lowest BCUT2D eigenvalue weighted by Gasteiger charge is -2.15. The molecule has 0 aliphatic heterocycles. The Morgan fingerprint density at radius 3 is 2.34 bits per heavy atom. The van der Waals surface area contributed by atoms with Gasteiger partial charge in [0.15, 0.2) is 0 Å². The minimum Gasteiger partial charge on any atom is -0.481 e. The Bertz CT molecular complexity index is 1080. The van der Waals surface area contributed by atoms with Gasteiger partial charge in [-0.1, -0.05) is 13.8 Å². The van der Waals surface area contributed by atoms with Crippen molar-refractivity contribution in [2.75, 3.05) is 0 Å². The van der Waals surface area contributed by atoms with Crippen molar-refractivity contribution in [1.29, 1.82) is 0 Å². The SMILES string of the molecule is CC(C)c1cc(-c2ccncc2)c(-c2ccc(F)cc2)n1/C=C/[C@@H](O)C[C@@H](O)CC(=O)O. The van der Waals surface area contributed by atoms with Crippen LogP contribution in [0.1, 0.15) is 38.3 Å². The number of aliphatic hydroxyl groups is 2. The van der Waals surface area contributed by atoms with Gasteiger partial charge < -0.3 is 19.9 Å². The quantitative estimate of drug-likeness (QED) is 0.456. The average Bonchev–Trinajstić information content (AvgIpc) is 3.12. The summed E-state index contributed by atoms with van der Waals surface area (Å²) in [5, 5.41) is 29.0. The molecule has 0 aliphatic carbocycles. The van der Waals surface area contributed by atoms with Crippen LogP contribution in [0.2, 0.25) is 0 Å². The summed E-state index contributed by atoms with van der Waals surface area (Å²) in [6.07, 6.45) is 3.96. The molecule has 0 amide bonds. The molecule has 2 atom stereocenters. The number of aliphatic hydroxyl groups excluding tert-OH is 2. The number of hydrogen-bond acceptors (Lipinski definition) is 4. The summed E-state index contributed by atoms with van der Waals surface area (Å²) < 4.78 is 15.5. The van der Waals surface area contributed by atoms with Crippen LogP contribution in [0.5, 0.6) is 0 Å². The van der Waals surface area contributed by atoms with Gasteiger partial charge in [0, 0.05) is 36.3 Å². The van der Waals surface area contributed by atoms with E-state index in [-0.39, 0.29) is 18.2 Å². The van der Waals surface area contributed by atoms with E-state index in [4.69, 9.17) is 5.11 Å². The van der Waals surface area contributed by atoms with E-state index in [1.807, 2.05) is 16.7 Å². The summed E-state index contributed by atoms with van der Waals surface area (Å²) in [4.78, 5) is 14.8. The lowest BCUT2D eigenvalue weighted by molar-refractivity contribution is -0.139. The molecular weight excluding hydrogens is 411 g/mol. The first-order chi connectivity index (χ1) is 15.3. The standard InChI is InChI=1S/C25H27FN2O4/c1-16(2)23-15-22(17-7-10-27-11-8-17)25(18-3-5-19(26)6-4-18)28(23)12-9-20(29)13-21(30)14-24(31)32/h3-12,15-16,20-21,29-30H,13-14H2,1-2H3,(H,31,32)/b12-9+/t20-,21-/m1/s1. The highest BCUT2D eigenvalue weighted by atomic mass is 19.1. The Labute approximate surface area is 186 Å². The number of carbonyl (C=O) groups is 1. The highest BCUT2D eigenvalue weighted by Crippen LogP contribution is 2.38. The molecule has 2 aromatic heterocycles. The highest BCUT2D eigenvalue weighted by molar-refractivity contribution is 5.84. The molecule has 2 heterocycles. The fourth-order valence-corrected chi connectivity index (χ4v) is 3.63. The first-order valence-corrected chi connectivity index (χ1v) is 10.4. The summed E-state index contributed by atoms with van der Waals surface area (Å²) >= 11 is 0. The van der Waals surface area contributed by atoms with E-state index in [9.17, 15) is 19.4 Å². The predicted molar refractivity (Wildman–Crippen MR) is 121 cm³/mol. The zero-order valence-corrected chi connectivity index (χ0v) is 18.0. The van der Waals surface area contributed by atoms with Gasteiger partial charge in [0.1, 0.15) is 5.82 Å². The van der Waals surface area contributed by atoms with E-state index in [0.717, 1.165) is 28.1 Å². The van der Waals surface area contributed by atoms with Crippen molar-refractivity contribution < 1.29 is 24.5 Å². The molecule has 7 heteroatoms. The van der Waals surface area contributed by atoms with Crippen LogP contribution in [0.25, 0.3) is 28.6 Å². The molecule has 0 saturated carbocycles. The lowest BCUT2D eigenvalue weighted by Crippen LogP contribution is -2.19. The van der Waals surface area contributed by atoms with Gasteiger partial charge in [0.2, 0.25) is 0 Å². The number of benzene rings is 1. The van der Waals surface area contributed by atoms with Crippen molar-refractivity contribution in [3.8, 4) is 22.4 Å². The molecular formula is C25H27FN2O4. The second kappa shape index (κ2) is 10.3. The van der Waals surface area contributed by atoms with Gasteiger partial charge in [-0.2, -0.15) is 0 Å². The second-order valence-corrected chi connectivity index (χ2v) is 8.00. The largest absolute Gasteiger partial charge is 0.481 e. The van der Waals surface area contributed by atoms with Crippen molar-refractivity contribution in [1.82, 2.24) is 9.55 Å². The number of nitrogens with zero attached hydrogens (tertiary/aromatic N) is 2. The third kappa shape index (κ3) is 5.69. The maximum atomic E-state index is 13.6. The Morgan fingerprint density at radius 2 is 1.75 bits per heavy atom. The number of aliphatic carboxylic acids is 1. The first kappa shape index (κ1) is 23.4. The molecule has 3 rings (SSSR count). The van der Waals surface area contributed by atoms with E-state index in [1.54, 1.807) is 30.7 Å². The predicted octanol–water partition coefficient (Wildman–Crippen LogP) is 4.54. The van der Waals surface area contributed by atoms with Gasteiger partial charge in [-0.25, -0.2) is 4.39 Å². The van der Waals surface area contributed by atoms with E-state index < -0.39 is 24.6 Å². The van der Waals surface area contributed by atoms with Gasteiger partial charge in [-0.05, 0) is 65.6 Å². The maximum Gasteiger partial charge on any atom is 0.305 e. The minimum absolute atomic E-state index is 0.0931. The summed E-state index contributed by atoms with van der Waals surface area (Å²) in [5.74, 6) is -1.31. The Hall–Kier alpha value is -3.29. The Morgan fingerprint density at radius 1 is 1.09 bits per heavy atom. The lowest BCUT2D eigenvalue weighted by atomic mass is 10.0. The maximum absolute atomic E-state index is 13.6. The van der Waals surface area contributed by atoms with E-state index in [1.165, 1.54) is 18.2 Å². The van der Waals surface area contributed by atoms with E-state index >= 15 is 0 Å². The third-order valence-corrected chi connectivity index (χ3v) is 5.15. The molecule has 0 radical (unpaired) electrons. The van der Waals surface area contributed by atoms with Gasteiger partial charge >= 0.3 is 5.97 Å². The molecule has 0 aliphatic rings. The van der Waals surface area contributed by atoms with E-state index in [0.29, 0.717) is 0 Å². The molecule has 168 valence electrons. The number of pyridine rings is 1. The second-order valence-electron chi connectivity index (χ2n) is 8.00. The fraction of sp³-hybridized carbons (Fsp3) is 0.280. The number of rotatable bonds is 9. The van der Waals surface area contributed by atoms with Crippen LogP contribution in [0, 0.1) is 5.82 Å². The summed E-state index contributed by atoms with van der Waals surface area (Å²) in [7, 11) is 0. The first-order valence-electron chi connectivity index (χ1n) is 10.4. The molecule has 3 N–H and O–H groups in total. The van der Waals surface area contributed by atoms with Crippen LogP contribution in [-0.2, 0) is 4.79 Å². The van der Waals surface area contributed by atoms with Gasteiger partial charge in [-0.3, -0.25) is 9.78 Å². The van der Waals surface area contributed by atoms with Gasteiger partial charge in [-0.15, -0.1) is 0 Å². The summed E-state index contributed by atoms with van der Waals surface area (Å²) in [6, 6.07) is 12.1. The topological polar surface area (TPSA) is 95.6 Å². The molecule has 0 unspecified atom stereocenters. The van der Waals surface area contributed by atoms with Crippen LogP contribution < -0.4 is 0 Å². The summed E-state index contributed by atoms with van der Waals surface area (Å²) in [6.45, 7) is 4.11. The number of carboxylic acid groups (broad SMARTS) is 1. The molecule has 0 saturated heterocycles. The van der Waals surface area contributed by atoms with E-state index in [2.05, 4.69) is 24.9 Å². The van der Waals surface area contributed by atoms with Gasteiger partial charge in [0.05, 0.1) is 24.3 Å². The zero-order chi connectivity index (χ0) is 23.3. The van der Waals surface area contributed by atoms with Crippen molar-refractivity contribution in [3.63, 3.8) is 0 Å². The number of halogens is 1. The van der Waals surface area contributed by atoms with Crippen LogP contribution in [0.3, 0.4) is 0 Å². The zero-order valence-electron chi connectivity index (χ0n) is 18.0. The molecule has 6 nitrogen and oxygen atoms in total. The smallest absolute Gasteiger partial charge is 0.305 e. The average molecular weight is 438 g/mol. The number of aromatic nitrogens is 2. The van der Waals surface area contributed by atoms with Crippen LogP contribution in [0.15, 0.2) is 60.9 Å². The molecule has 3 aromatic rings. The van der Waals surface area contributed by atoms with Crippen molar-refractivity contribution in [3.05, 3.63) is 72.4 Å². The van der Waals surface area contributed by atoms with Crippen LogP contribution >= 0.6 is 0 Å². The number of hydrogen-bond donors (Lipinski definition) is 3. The van der Waals surface area contributed by atoms with Crippen molar-refractivity contribution in [2.45, 2.75) is 44.8 Å². The molecule has 0 fully saturated rings. The van der Waals surface area contributed by atoms with Crippen molar-refractivity contribution in [2.24, 2.45) is 0 Å². The van der Waals surface area contributed by atoms with Gasteiger partial charge in [0.25, 0.3) is 0 Å². The van der Waals surface area contributed by atoms with Crippen molar-refractivity contribution >= 4 is 12.2 Å². The molecule has 1 aromatic carbocycles.